The predicted molar refractivity (Wildman–Crippen MR) is 54.9 cm³/mol. The first-order chi connectivity index (χ1) is 7.56. The van der Waals surface area contributed by atoms with Crippen LogP contribution in [-0.2, 0) is 16.0 Å². The van der Waals surface area contributed by atoms with Gasteiger partial charge in [-0.05, 0) is 11.6 Å². The quantitative estimate of drug-likeness (QED) is 0.821. The van der Waals surface area contributed by atoms with Crippen molar-refractivity contribution in [2.24, 2.45) is 5.73 Å². The number of carbonyl (C=O) groups is 1. The van der Waals surface area contributed by atoms with Crippen LogP contribution in [0.4, 0.5) is 8.78 Å². The lowest BCUT2D eigenvalue weighted by Crippen LogP contribution is -2.36. The Kier molecular flexibility index (Phi) is 4.52. The van der Waals surface area contributed by atoms with Crippen LogP contribution >= 0.6 is 0 Å². The molecule has 3 nitrogen and oxygen atoms in total. The fraction of sp³-hybridized carbons (Fsp3) is 0.364. The van der Waals surface area contributed by atoms with Crippen molar-refractivity contribution in [2.45, 2.75) is 12.5 Å². The summed E-state index contributed by atoms with van der Waals surface area (Å²) in [6.45, 7) is 0.0652. The molecule has 0 aliphatic heterocycles. The summed E-state index contributed by atoms with van der Waals surface area (Å²) in [6, 6.07) is 2.89. The summed E-state index contributed by atoms with van der Waals surface area (Å²) in [7, 11) is 1.41. The second-order valence-electron chi connectivity index (χ2n) is 3.42. The topological polar surface area (TPSA) is 52.3 Å². The van der Waals surface area contributed by atoms with Crippen molar-refractivity contribution >= 4 is 5.78 Å². The van der Waals surface area contributed by atoms with Gasteiger partial charge in [0.25, 0.3) is 0 Å². The van der Waals surface area contributed by atoms with Gasteiger partial charge in [0.2, 0.25) is 0 Å². The highest BCUT2D eigenvalue weighted by Crippen LogP contribution is 2.12. The molecule has 2 N–H and O–H groups in total. The molecule has 0 saturated heterocycles. The highest BCUT2D eigenvalue weighted by atomic mass is 19.2. The van der Waals surface area contributed by atoms with E-state index in [0.717, 1.165) is 6.07 Å². The largest absolute Gasteiger partial charge is 0.383 e. The Bertz CT molecular complexity index is 382. The molecule has 0 aliphatic rings. The Labute approximate surface area is 92.2 Å². The van der Waals surface area contributed by atoms with Crippen LogP contribution in [0.3, 0.4) is 0 Å². The second-order valence-corrected chi connectivity index (χ2v) is 3.42. The van der Waals surface area contributed by atoms with Gasteiger partial charge >= 0.3 is 0 Å². The van der Waals surface area contributed by atoms with Gasteiger partial charge in [-0.25, -0.2) is 8.78 Å². The standard InChI is InChI=1S/C11H13F2NO2/c1-16-6-9(14)10(15)5-7-3-2-4-8(12)11(7)13/h2-4,9H,5-6,14H2,1H3. The molecular formula is C11H13F2NO2. The van der Waals surface area contributed by atoms with Crippen molar-refractivity contribution in [3.63, 3.8) is 0 Å². The maximum absolute atomic E-state index is 13.2. The van der Waals surface area contributed by atoms with Crippen molar-refractivity contribution in [1.82, 2.24) is 0 Å². The van der Waals surface area contributed by atoms with Gasteiger partial charge in [0, 0.05) is 13.5 Å². The van der Waals surface area contributed by atoms with E-state index in [9.17, 15) is 13.6 Å². The van der Waals surface area contributed by atoms with E-state index in [1.807, 2.05) is 0 Å². The Morgan fingerprint density at radius 1 is 1.50 bits per heavy atom. The third-order valence-electron chi connectivity index (χ3n) is 2.16. The molecule has 5 heteroatoms. The minimum Gasteiger partial charge on any atom is -0.383 e. The summed E-state index contributed by atoms with van der Waals surface area (Å²) in [5.41, 5.74) is 5.48. The first kappa shape index (κ1) is 12.7. The monoisotopic (exact) mass is 229 g/mol. The number of nitrogens with two attached hydrogens (primary N) is 1. The van der Waals surface area contributed by atoms with Crippen LogP contribution in [-0.4, -0.2) is 25.5 Å². The minimum absolute atomic E-state index is 0.0107. The van der Waals surface area contributed by atoms with Crippen molar-refractivity contribution in [3.8, 4) is 0 Å². The lowest BCUT2D eigenvalue weighted by Gasteiger charge is -2.09. The van der Waals surface area contributed by atoms with Crippen LogP contribution in [0.1, 0.15) is 5.56 Å². The molecule has 0 aliphatic carbocycles. The van der Waals surface area contributed by atoms with E-state index >= 15 is 0 Å². The second kappa shape index (κ2) is 5.67. The van der Waals surface area contributed by atoms with Crippen molar-refractivity contribution < 1.29 is 18.3 Å². The van der Waals surface area contributed by atoms with Crippen LogP contribution in [0, 0.1) is 11.6 Å². The fourth-order valence-electron chi connectivity index (χ4n) is 1.28. The van der Waals surface area contributed by atoms with Gasteiger partial charge < -0.3 is 10.5 Å². The maximum atomic E-state index is 13.2. The predicted octanol–water partition coefficient (Wildman–Crippen LogP) is 1.05. The van der Waals surface area contributed by atoms with Crippen molar-refractivity contribution in [2.75, 3.05) is 13.7 Å². The zero-order valence-corrected chi connectivity index (χ0v) is 8.87. The van der Waals surface area contributed by atoms with E-state index in [1.165, 1.54) is 19.2 Å². The van der Waals surface area contributed by atoms with Crippen LogP contribution in [0.25, 0.3) is 0 Å². The fourth-order valence-corrected chi connectivity index (χ4v) is 1.28. The van der Waals surface area contributed by atoms with Crippen LogP contribution in [0.15, 0.2) is 18.2 Å². The van der Waals surface area contributed by atoms with Crippen LogP contribution < -0.4 is 5.73 Å². The Morgan fingerprint density at radius 2 is 2.19 bits per heavy atom. The number of carbonyl (C=O) groups excluding carboxylic acids is 1. The Hall–Kier alpha value is -1.33. The molecule has 0 aromatic heterocycles. The molecule has 16 heavy (non-hydrogen) atoms. The molecule has 0 spiro atoms. The molecule has 1 aromatic rings. The van der Waals surface area contributed by atoms with Gasteiger partial charge in [0.1, 0.15) is 0 Å². The van der Waals surface area contributed by atoms with E-state index in [4.69, 9.17) is 10.5 Å². The van der Waals surface area contributed by atoms with Gasteiger partial charge in [-0.3, -0.25) is 4.79 Å². The zero-order chi connectivity index (χ0) is 12.1. The normalized spacial score (nSPS) is 12.5. The summed E-state index contributed by atoms with van der Waals surface area (Å²) in [4.78, 5) is 11.5. The van der Waals surface area contributed by atoms with Gasteiger partial charge in [-0.1, -0.05) is 12.1 Å². The summed E-state index contributed by atoms with van der Waals surface area (Å²) in [5, 5.41) is 0. The smallest absolute Gasteiger partial charge is 0.162 e. The van der Waals surface area contributed by atoms with Crippen molar-refractivity contribution in [3.05, 3.63) is 35.4 Å². The highest BCUT2D eigenvalue weighted by molar-refractivity contribution is 5.86. The maximum Gasteiger partial charge on any atom is 0.162 e. The van der Waals surface area contributed by atoms with E-state index in [0.29, 0.717) is 0 Å². The third-order valence-corrected chi connectivity index (χ3v) is 2.16. The lowest BCUT2D eigenvalue weighted by atomic mass is 10.0. The lowest BCUT2D eigenvalue weighted by molar-refractivity contribution is -0.120. The van der Waals surface area contributed by atoms with Gasteiger partial charge in [0.15, 0.2) is 17.4 Å². The molecule has 0 heterocycles. The molecular weight excluding hydrogens is 216 g/mol. The summed E-state index contributed by atoms with van der Waals surface area (Å²) < 4.78 is 30.8. The number of hydrogen-bond donors (Lipinski definition) is 1. The van der Waals surface area contributed by atoms with Gasteiger partial charge in [-0.2, -0.15) is 0 Å². The number of ether oxygens (including phenoxy) is 1. The zero-order valence-electron chi connectivity index (χ0n) is 8.87. The van der Waals surface area contributed by atoms with E-state index in [-0.39, 0.29) is 24.4 Å². The first-order valence-electron chi connectivity index (χ1n) is 4.76. The first-order valence-corrected chi connectivity index (χ1v) is 4.76. The average Bonchev–Trinajstić information content (AvgIpc) is 2.25. The molecule has 0 bridgehead atoms. The number of benzene rings is 1. The summed E-state index contributed by atoms with van der Waals surface area (Å²) >= 11 is 0. The number of Topliss-reactive ketones (excluding diaryl/α,β-unsaturated/α-hetero) is 1. The third kappa shape index (κ3) is 3.08. The average molecular weight is 229 g/mol. The SMILES string of the molecule is COCC(N)C(=O)Cc1cccc(F)c1F. The number of methoxy groups -OCH3 is 1. The molecule has 0 amide bonds. The molecule has 88 valence electrons. The molecule has 0 radical (unpaired) electrons. The number of halogens is 2. The summed E-state index contributed by atoms with van der Waals surface area (Å²) in [6.07, 6.45) is -0.228. The van der Waals surface area contributed by atoms with Crippen LogP contribution in [0.5, 0.6) is 0 Å². The summed E-state index contributed by atoms with van der Waals surface area (Å²) in [5.74, 6) is -2.35. The number of hydrogen-bond acceptors (Lipinski definition) is 3. The van der Waals surface area contributed by atoms with Gasteiger partial charge in [0.05, 0.1) is 12.6 Å². The number of rotatable bonds is 5. The molecule has 1 rings (SSSR count). The van der Waals surface area contributed by atoms with Crippen molar-refractivity contribution in [1.29, 1.82) is 0 Å². The Morgan fingerprint density at radius 3 is 2.81 bits per heavy atom. The molecule has 1 unspecified atom stereocenters. The van der Waals surface area contributed by atoms with E-state index in [1.54, 1.807) is 0 Å². The molecule has 1 atom stereocenters. The van der Waals surface area contributed by atoms with Crippen LogP contribution in [0.2, 0.25) is 0 Å². The van der Waals surface area contributed by atoms with E-state index < -0.39 is 17.7 Å². The minimum atomic E-state index is -1.000. The Balaban J connectivity index is 2.73. The molecule has 0 fully saturated rings. The van der Waals surface area contributed by atoms with Gasteiger partial charge in [-0.15, -0.1) is 0 Å². The van der Waals surface area contributed by atoms with E-state index in [2.05, 4.69) is 0 Å². The molecule has 0 saturated carbocycles. The molecule has 1 aromatic carbocycles. The highest BCUT2D eigenvalue weighted by Gasteiger charge is 2.17. The number of ketones is 1.